The molecule has 3 N–H and O–H groups in total. The minimum Gasteiger partial charge on any atom is -0.436 e. The standard InChI is InChI=1S/C20H22N2O3/c21-20(24)25-18(13-14-7-2-1-3-8-14)19(23)22-17-12-6-10-15-9-4-5-11-16(15)17/h1-5,7-9,11,17-18H,6,10,12-13H2,(H2,21,24)(H,22,23)/t17-,18+/m1/s1. The smallest absolute Gasteiger partial charge is 0.405 e. The summed E-state index contributed by atoms with van der Waals surface area (Å²) >= 11 is 0. The number of benzene rings is 2. The fourth-order valence-electron chi connectivity index (χ4n) is 3.32. The highest BCUT2D eigenvalue weighted by Gasteiger charge is 2.27. The van der Waals surface area contributed by atoms with Gasteiger partial charge in [0, 0.05) is 6.42 Å². The molecule has 2 aromatic rings. The minimum absolute atomic E-state index is 0.0628. The van der Waals surface area contributed by atoms with Crippen LogP contribution in [0.2, 0.25) is 0 Å². The summed E-state index contributed by atoms with van der Waals surface area (Å²) in [7, 11) is 0. The number of hydrogen-bond acceptors (Lipinski definition) is 3. The van der Waals surface area contributed by atoms with Gasteiger partial charge < -0.3 is 15.8 Å². The second-order valence-corrected chi connectivity index (χ2v) is 6.27. The second kappa shape index (κ2) is 7.83. The lowest BCUT2D eigenvalue weighted by Gasteiger charge is -2.28. The average molecular weight is 338 g/mol. The Balaban J connectivity index is 1.73. The molecule has 5 nitrogen and oxygen atoms in total. The van der Waals surface area contributed by atoms with Crippen molar-refractivity contribution in [3.63, 3.8) is 0 Å². The molecule has 0 heterocycles. The van der Waals surface area contributed by atoms with Crippen LogP contribution in [-0.4, -0.2) is 18.1 Å². The number of nitrogens with one attached hydrogen (secondary N) is 1. The van der Waals surface area contributed by atoms with E-state index in [4.69, 9.17) is 10.5 Å². The molecular weight excluding hydrogens is 316 g/mol. The van der Waals surface area contributed by atoms with Gasteiger partial charge in [-0.15, -0.1) is 0 Å². The van der Waals surface area contributed by atoms with Crippen LogP contribution in [0.4, 0.5) is 4.79 Å². The van der Waals surface area contributed by atoms with Crippen LogP contribution in [0.25, 0.3) is 0 Å². The fraction of sp³-hybridized carbons (Fsp3) is 0.300. The molecule has 0 radical (unpaired) electrons. The maximum atomic E-state index is 12.7. The highest BCUT2D eigenvalue weighted by atomic mass is 16.6. The van der Waals surface area contributed by atoms with Crippen LogP contribution < -0.4 is 11.1 Å². The molecule has 0 aliphatic heterocycles. The Bertz CT molecular complexity index is 746. The van der Waals surface area contributed by atoms with E-state index in [1.54, 1.807) is 0 Å². The lowest BCUT2D eigenvalue weighted by molar-refractivity contribution is -0.130. The highest BCUT2D eigenvalue weighted by molar-refractivity contribution is 5.84. The number of carbonyl (C=O) groups excluding carboxylic acids is 2. The summed E-state index contributed by atoms with van der Waals surface area (Å²) in [6.07, 6.45) is 1.33. The van der Waals surface area contributed by atoms with Gasteiger partial charge in [0.25, 0.3) is 5.91 Å². The number of nitrogens with two attached hydrogens (primary N) is 1. The summed E-state index contributed by atoms with van der Waals surface area (Å²) in [5.74, 6) is -0.315. The van der Waals surface area contributed by atoms with Crippen LogP contribution in [0.1, 0.15) is 35.6 Å². The van der Waals surface area contributed by atoms with E-state index in [0.717, 1.165) is 30.4 Å². The maximum Gasteiger partial charge on any atom is 0.405 e. The first kappa shape index (κ1) is 17.0. The van der Waals surface area contributed by atoms with Crippen LogP contribution in [0.3, 0.4) is 0 Å². The van der Waals surface area contributed by atoms with Crippen molar-refractivity contribution in [1.29, 1.82) is 0 Å². The number of hydrogen-bond donors (Lipinski definition) is 2. The van der Waals surface area contributed by atoms with Crippen LogP contribution in [-0.2, 0) is 22.4 Å². The molecule has 25 heavy (non-hydrogen) atoms. The summed E-state index contributed by atoms with van der Waals surface area (Å²) in [5, 5.41) is 3.03. The van der Waals surface area contributed by atoms with Crippen LogP contribution >= 0.6 is 0 Å². The highest BCUT2D eigenvalue weighted by Crippen LogP contribution is 2.29. The number of aryl methyl sites for hydroxylation is 1. The van der Waals surface area contributed by atoms with Crippen LogP contribution in [0.15, 0.2) is 54.6 Å². The Morgan fingerprint density at radius 1 is 1.12 bits per heavy atom. The van der Waals surface area contributed by atoms with Gasteiger partial charge in [-0.3, -0.25) is 4.79 Å². The van der Waals surface area contributed by atoms with E-state index >= 15 is 0 Å². The zero-order valence-corrected chi connectivity index (χ0v) is 14.0. The van der Waals surface area contributed by atoms with Gasteiger partial charge >= 0.3 is 6.09 Å². The number of rotatable bonds is 5. The number of ether oxygens (including phenoxy) is 1. The van der Waals surface area contributed by atoms with Crippen molar-refractivity contribution in [2.24, 2.45) is 5.73 Å². The molecule has 1 aliphatic rings. The van der Waals surface area contributed by atoms with Gasteiger partial charge in [0.05, 0.1) is 6.04 Å². The van der Waals surface area contributed by atoms with E-state index in [1.165, 1.54) is 5.56 Å². The molecule has 0 saturated heterocycles. The summed E-state index contributed by atoms with van der Waals surface area (Å²) < 4.78 is 5.07. The zero-order chi connectivity index (χ0) is 17.6. The Kier molecular flexibility index (Phi) is 5.33. The molecule has 0 aromatic heterocycles. The summed E-state index contributed by atoms with van der Waals surface area (Å²) in [6, 6.07) is 17.5. The predicted molar refractivity (Wildman–Crippen MR) is 94.9 cm³/mol. The molecule has 1 aliphatic carbocycles. The molecule has 0 bridgehead atoms. The predicted octanol–water partition coefficient (Wildman–Crippen LogP) is 2.89. The third-order valence-electron chi connectivity index (χ3n) is 4.50. The second-order valence-electron chi connectivity index (χ2n) is 6.27. The Labute approximate surface area is 147 Å². The van der Waals surface area contributed by atoms with Crippen molar-refractivity contribution in [1.82, 2.24) is 5.32 Å². The molecule has 2 atom stereocenters. The zero-order valence-electron chi connectivity index (χ0n) is 14.0. The van der Waals surface area contributed by atoms with Gasteiger partial charge in [-0.05, 0) is 36.0 Å². The lowest BCUT2D eigenvalue weighted by Crippen LogP contribution is -2.42. The third-order valence-corrected chi connectivity index (χ3v) is 4.50. The van der Waals surface area contributed by atoms with Crippen molar-refractivity contribution in [2.45, 2.75) is 37.8 Å². The van der Waals surface area contributed by atoms with E-state index < -0.39 is 12.2 Å². The normalized spacial score (nSPS) is 17.2. The first-order valence-corrected chi connectivity index (χ1v) is 8.51. The minimum atomic E-state index is -0.944. The lowest BCUT2D eigenvalue weighted by atomic mass is 9.87. The van der Waals surface area contributed by atoms with Crippen molar-refractivity contribution in [3.8, 4) is 0 Å². The molecule has 2 aromatic carbocycles. The number of amides is 2. The Morgan fingerprint density at radius 2 is 1.84 bits per heavy atom. The molecule has 3 rings (SSSR count). The van der Waals surface area contributed by atoms with Gasteiger partial charge in [-0.1, -0.05) is 54.6 Å². The number of carbonyl (C=O) groups is 2. The molecule has 0 unspecified atom stereocenters. The summed E-state index contributed by atoms with van der Waals surface area (Å²) in [4.78, 5) is 23.9. The largest absolute Gasteiger partial charge is 0.436 e. The van der Waals surface area contributed by atoms with E-state index in [0.29, 0.717) is 6.42 Å². The topological polar surface area (TPSA) is 81.4 Å². The first-order valence-electron chi connectivity index (χ1n) is 8.51. The third kappa shape index (κ3) is 4.38. The number of primary amides is 1. The van der Waals surface area contributed by atoms with Gasteiger partial charge in [0.1, 0.15) is 0 Å². The quantitative estimate of drug-likeness (QED) is 0.879. The van der Waals surface area contributed by atoms with Crippen molar-refractivity contribution < 1.29 is 14.3 Å². The molecule has 0 spiro atoms. The molecule has 130 valence electrons. The molecule has 2 amide bonds. The summed E-state index contributed by atoms with van der Waals surface area (Å²) in [5.41, 5.74) is 8.46. The van der Waals surface area contributed by atoms with Crippen molar-refractivity contribution in [2.75, 3.05) is 0 Å². The monoisotopic (exact) mass is 338 g/mol. The van der Waals surface area contributed by atoms with Gasteiger partial charge in [0.15, 0.2) is 6.10 Å². The van der Waals surface area contributed by atoms with Gasteiger partial charge in [-0.25, -0.2) is 4.79 Å². The van der Waals surface area contributed by atoms with Crippen molar-refractivity contribution in [3.05, 3.63) is 71.3 Å². The Hall–Kier alpha value is -2.82. The van der Waals surface area contributed by atoms with E-state index in [1.807, 2.05) is 48.5 Å². The fourth-order valence-corrected chi connectivity index (χ4v) is 3.32. The van der Waals surface area contributed by atoms with Crippen molar-refractivity contribution >= 4 is 12.0 Å². The maximum absolute atomic E-state index is 12.7. The van der Waals surface area contributed by atoms with Gasteiger partial charge in [0.2, 0.25) is 0 Å². The SMILES string of the molecule is NC(=O)O[C@@H](Cc1ccccc1)C(=O)N[C@@H]1CCCc2ccccc21. The Morgan fingerprint density at radius 3 is 2.60 bits per heavy atom. The molecule has 0 fully saturated rings. The first-order chi connectivity index (χ1) is 12.1. The average Bonchev–Trinajstić information content (AvgIpc) is 2.62. The molecule has 0 saturated carbocycles. The molecule has 5 heteroatoms. The van der Waals surface area contributed by atoms with Crippen LogP contribution in [0.5, 0.6) is 0 Å². The summed E-state index contributed by atoms with van der Waals surface area (Å²) in [6.45, 7) is 0. The van der Waals surface area contributed by atoms with E-state index in [9.17, 15) is 9.59 Å². The number of fused-ring (bicyclic) bond motifs is 1. The van der Waals surface area contributed by atoms with E-state index in [-0.39, 0.29) is 11.9 Å². The van der Waals surface area contributed by atoms with Crippen LogP contribution in [0, 0.1) is 0 Å². The van der Waals surface area contributed by atoms with Gasteiger partial charge in [-0.2, -0.15) is 0 Å². The molecular formula is C20H22N2O3. The van der Waals surface area contributed by atoms with E-state index in [2.05, 4.69) is 11.4 Å².